The summed E-state index contributed by atoms with van der Waals surface area (Å²) in [5.41, 5.74) is 1.45. The molecule has 2 aliphatic rings. The number of nitrogens with one attached hydrogen (secondary N) is 1. The predicted molar refractivity (Wildman–Crippen MR) is 45.3 cm³/mol. The fourth-order valence-electron chi connectivity index (χ4n) is 2.22. The van der Waals surface area contributed by atoms with E-state index in [0.29, 0.717) is 12.0 Å². The minimum Gasteiger partial charge on any atom is -0.515 e. The highest BCUT2D eigenvalue weighted by molar-refractivity contribution is 5.97. The molecule has 5 heteroatoms. The number of fused-ring (bicyclic) bond motifs is 3. The molecule has 0 spiro atoms. The third kappa shape index (κ3) is 0.742. The molecule has 3 rings (SSSR count). The SMILES string of the molecule is O=C1NC2c3oncc3CC2/C1=C/O. The Morgan fingerprint density at radius 3 is 3.36 bits per heavy atom. The van der Waals surface area contributed by atoms with E-state index in [2.05, 4.69) is 10.5 Å². The zero-order valence-electron chi connectivity index (χ0n) is 7.23. The fraction of sp³-hybridized carbons (Fsp3) is 0.333. The molecule has 0 bridgehead atoms. The summed E-state index contributed by atoms with van der Waals surface area (Å²) in [4.78, 5) is 11.3. The maximum Gasteiger partial charge on any atom is 0.251 e. The number of hydrogen-bond acceptors (Lipinski definition) is 4. The van der Waals surface area contributed by atoms with E-state index in [1.165, 1.54) is 0 Å². The van der Waals surface area contributed by atoms with Crippen LogP contribution >= 0.6 is 0 Å². The molecular formula is C9H8N2O3. The summed E-state index contributed by atoms with van der Waals surface area (Å²) in [7, 11) is 0. The largest absolute Gasteiger partial charge is 0.515 e. The van der Waals surface area contributed by atoms with Crippen molar-refractivity contribution in [3.05, 3.63) is 29.4 Å². The molecule has 0 aromatic carbocycles. The van der Waals surface area contributed by atoms with Crippen molar-refractivity contribution in [1.82, 2.24) is 10.5 Å². The van der Waals surface area contributed by atoms with Gasteiger partial charge in [0.25, 0.3) is 5.91 Å². The highest BCUT2D eigenvalue weighted by Crippen LogP contribution is 2.43. The lowest BCUT2D eigenvalue weighted by Crippen LogP contribution is -2.18. The van der Waals surface area contributed by atoms with Gasteiger partial charge in [-0.25, -0.2) is 0 Å². The summed E-state index contributed by atoms with van der Waals surface area (Å²) in [5, 5.41) is 15.4. The molecule has 1 aliphatic heterocycles. The van der Waals surface area contributed by atoms with E-state index in [9.17, 15) is 4.79 Å². The van der Waals surface area contributed by atoms with Crippen molar-refractivity contribution in [1.29, 1.82) is 0 Å². The maximum absolute atomic E-state index is 11.3. The molecule has 1 aromatic heterocycles. The second kappa shape index (κ2) is 2.37. The van der Waals surface area contributed by atoms with Gasteiger partial charge in [-0.2, -0.15) is 0 Å². The van der Waals surface area contributed by atoms with E-state index in [4.69, 9.17) is 9.63 Å². The van der Waals surface area contributed by atoms with Crippen LogP contribution in [-0.2, 0) is 11.2 Å². The van der Waals surface area contributed by atoms with E-state index >= 15 is 0 Å². The van der Waals surface area contributed by atoms with Gasteiger partial charge < -0.3 is 14.9 Å². The van der Waals surface area contributed by atoms with Crippen LogP contribution in [0, 0.1) is 5.92 Å². The van der Waals surface area contributed by atoms with Gasteiger partial charge in [0.15, 0.2) is 5.76 Å². The van der Waals surface area contributed by atoms with Crippen molar-refractivity contribution < 1.29 is 14.4 Å². The molecule has 1 aliphatic carbocycles. The first-order chi connectivity index (χ1) is 6.81. The van der Waals surface area contributed by atoms with Crippen molar-refractivity contribution in [2.75, 3.05) is 0 Å². The molecule has 14 heavy (non-hydrogen) atoms. The van der Waals surface area contributed by atoms with Crippen LogP contribution in [0.3, 0.4) is 0 Å². The van der Waals surface area contributed by atoms with Gasteiger partial charge in [0.05, 0.1) is 24.1 Å². The fourth-order valence-corrected chi connectivity index (χ4v) is 2.22. The van der Waals surface area contributed by atoms with E-state index < -0.39 is 0 Å². The maximum atomic E-state index is 11.3. The number of carbonyl (C=O) groups is 1. The molecule has 1 saturated heterocycles. The highest BCUT2D eigenvalue weighted by Gasteiger charge is 2.46. The average Bonchev–Trinajstić information content (AvgIpc) is 2.76. The third-order valence-electron chi connectivity index (χ3n) is 2.89. The molecule has 72 valence electrons. The van der Waals surface area contributed by atoms with E-state index in [-0.39, 0.29) is 17.9 Å². The Bertz CT molecular complexity index is 435. The summed E-state index contributed by atoms with van der Waals surface area (Å²) >= 11 is 0. The van der Waals surface area contributed by atoms with Crippen LogP contribution in [0.1, 0.15) is 17.4 Å². The van der Waals surface area contributed by atoms with Crippen LogP contribution in [0.5, 0.6) is 0 Å². The summed E-state index contributed by atoms with van der Waals surface area (Å²) in [6, 6.07) is -0.140. The van der Waals surface area contributed by atoms with Gasteiger partial charge >= 0.3 is 0 Å². The van der Waals surface area contributed by atoms with E-state index in [0.717, 1.165) is 17.6 Å². The molecule has 2 unspecified atom stereocenters. The molecule has 5 nitrogen and oxygen atoms in total. The molecular weight excluding hydrogens is 184 g/mol. The van der Waals surface area contributed by atoms with Gasteiger partial charge in [-0.3, -0.25) is 4.79 Å². The quantitative estimate of drug-likeness (QED) is 0.462. The molecule has 1 fully saturated rings. The Balaban J connectivity index is 2.07. The van der Waals surface area contributed by atoms with Gasteiger partial charge in [-0.1, -0.05) is 5.16 Å². The number of aliphatic hydroxyl groups excluding tert-OH is 1. The second-order valence-corrected chi connectivity index (χ2v) is 3.56. The minimum absolute atomic E-state index is 0.00394. The van der Waals surface area contributed by atoms with Crippen molar-refractivity contribution in [2.24, 2.45) is 5.92 Å². The van der Waals surface area contributed by atoms with Crippen LogP contribution in [-0.4, -0.2) is 16.2 Å². The van der Waals surface area contributed by atoms with E-state index in [1.54, 1.807) is 6.20 Å². The number of aromatic nitrogens is 1. The molecule has 0 radical (unpaired) electrons. The average molecular weight is 192 g/mol. The van der Waals surface area contributed by atoms with Crippen LogP contribution in [0.15, 0.2) is 22.6 Å². The Hall–Kier alpha value is -1.78. The monoisotopic (exact) mass is 192 g/mol. The zero-order valence-corrected chi connectivity index (χ0v) is 7.23. The van der Waals surface area contributed by atoms with E-state index in [1.807, 2.05) is 0 Å². The lowest BCUT2D eigenvalue weighted by Gasteiger charge is -2.05. The normalized spacial score (nSPS) is 31.7. The van der Waals surface area contributed by atoms with Crippen molar-refractivity contribution in [2.45, 2.75) is 12.5 Å². The van der Waals surface area contributed by atoms with Crippen LogP contribution < -0.4 is 5.32 Å². The number of aliphatic hydroxyl groups is 1. The van der Waals surface area contributed by atoms with Gasteiger partial charge in [0.1, 0.15) is 0 Å². The first kappa shape index (κ1) is 7.61. The van der Waals surface area contributed by atoms with Gasteiger partial charge in [-0.15, -0.1) is 0 Å². The smallest absolute Gasteiger partial charge is 0.251 e. The summed E-state index contributed by atoms with van der Waals surface area (Å²) < 4.78 is 5.06. The first-order valence-electron chi connectivity index (χ1n) is 4.40. The third-order valence-corrected chi connectivity index (χ3v) is 2.89. The Morgan fingerprint density at radius 2 is 2.57 bits per heavy atom. The molecule has 2 N–H and O–H groups in total. The second-order valence-electron chi connectivity index (χ2n) is 3.56. The van der Waals surface area contributed by atoms with Gasteiger partial charge in [-0.05, 0) is 6.42 Å². The topological polar surface area (TPSA) is 75.4 Å². The number of nitrogens with zero attached hydrogens (tertiary/aromatic N) is 1. The number of carbonyl (C=O) groups excluding carboxylic acids is 1. The minimum atomic E-state index is -0.218. The first-order valence-corrected chi connectivity index (χ1v) is 4.40. The Labute approximate surface area is 79.4 Å². The molecule has 1 aromatic rings. The zero-order chi connectivity index (χ0) is 9.71. The Morgan fingerprint density at radius 1 is 1.71 bits per heavy atom. The molecule has 0 saturated carbocycles. The van der Waals surface area contributed by atoms with Crippen LogP contribution in [0.25, 0.3) is 0 Å². The predicted octanol–water partition coefficient (Wildman–Crippen LogP) is 0.460. The van der Waals surface area contributed by atoms with Gasteiger partial charge in [0, 0.05) is 11.5 Å². The van der Waals surface area contributed by atoms with Gasteiger partial charge in [0.2, 0.25) is 0 Å². The Kier molecular flexibility index (Phi) is 1.29. The van der Waals surface area contributed by atoms with Crippen LogP contribution in [0.2, 0.25) is 0 Å². The summed E-state index contributed by atoms with van der Waals surface area (Å²) in [6.07, 6.45) is 3.25. The van der Waals surface area contributed by atoms with Crippen molar-refractivity contribution in [3.8, 4) is 0 Å². The van der Waals surface area contributed by atoms with Crippen molar-refractivity contribution >= 4 is 5.91 Å². The summed E-state index contributed by atoms with van der Waals surface area (Å²) in [5.74, 6) is 0.508. The highest BCUT2D eigenvalue weighted by atomic mass is 16.5. The summed E-state index contributed by atoms with van der Waals surface area (Å²) in [6.45, 7) is 0. The molecule has 2 heterocycles. The number of amides is 1. The van der Waals surface area contributed by atoms with Crippen molar-refractivity contribution in [3.63, 3.8) is 0 Å². The number of hydrogen-bond donors (Lipinski definition) is 2. The lowest BCUT2D eigenvalue weighted by atomic mass is 9.98. The molecule has 1 amide bonds. The van der Waals surface area contributed by atoms with Crippen LogP contribution in [0.4, 0.5) is 0 Å². The molecule has 2 atom stereocenters. The number of rotatable bonds is 0. The standard InChI is InChI=1S/C9H8N2O3/c12-3-6-5-1-4-2-10-14-8(4)7(5)11-9(6)13/h2-3,5,7,12H,1H2,(H,11,13)/b6-3-. The lowest BCUT2D eigenvalue weighted by molar-refractivity contribution is -0.116.